The number of hydrogen-bond acceptors (Lipinski definition) is 5. The van der Waals surface area contributed by atoms with Crippen LogP contribution in [-0.2, 0) is 14.3 Å². The largest absolute Gasteiger partial charge is 0.493 e. The fourth-order valence-corrected chi connectivity index (χ4v) is 2.83. The van der Waals surface area contributed by atoms with E-state index in [1.165, 1.54) is 7.11 Å². The molecular formula is C19H27BrO5. The molecule has 0 N–H and O–H groups in total. The van der Waals surface area contributed by atoms with Crippen LogP contribution in [0.5, 0.6) is 11.5 Å². The molecule has 0 aliphatic heterocycles. The summed E-state index contributed by atoms with van der Waals surface area (Å²) in [6, 6.07) is 5.07. The molecule has 0 atom stereocenters. The van der Waals surface area contributed by atoms with Crippen molar-refractivity contribution in [2.24, 2.45) is 5.41 Å². The van der Waals surface area contributed by atoms with Gasteiger partial charge in [-0.3, -0.25) is 9.59 Å². The SMILES string of the molecule is CCCCCOC(=O)C(CC)(CC)C(=O)Oc1ccc(Br)cc1OC. The molecular weight excluding hydrogens is 388 g/mol. The van der Waals surface area contributed by atoms with Crippen LogP contribution >= 0.6 is 15.9 Å². The molecule has 1 aromatic carbocycles. The number of ether oxygens (including phenoxy) is 3. The minimum Gasteiger partial charge on any atom is -0.493 e. The van der Waals surface area contributed by atoms with Gasteiger partial charge in [0.15, 0.2) is 16.9 Å². The average molecular weight is 415 g/mol. The third-order valence-electron chi connectivity index (χ3n) is 4.30. The number of halogens is 1. The van der Waals surface area contributed by atoms with Gasteiger partial charge in [-0.2, -0.15) is 0 Å². The summed E-state index contributed by atoms with van der Waals surface area (Å²) in [5.41, 5.74) is -1.30. The van der Waals surface area contributed by atoms with E-state index in [1.807, 2.05) is 0 Å². The maximum Gasteiger partial charge on any atom is 0.328 e. The number of benzene rings is 1. The molecule has 6 heteroatoms. The summed E-state index contributed by atoms with van der Waals surface area (Å²) in [5, 5.41) is 0. The highest BCUT2D eigenvalue weighted by Gasteiger charge is 2.46. The second kappa shape index (κ2) is 10.4. The molecule has 0 heterocycles. The molecule has 5 nitrogen and oxygen atoms in total. The predicted molar refractivity (Wildman–Crippen MR) is 99.8 cm³/mol. The lowest BCUT2D eigenvalue weighted by Crippen LogP contribution is -2.42. The first kappa shape index (κ1) is 21.5. The highest BCUT2D eigenvalue weighted by Crippen LogP contribution is 2.35. The van der Waals surface area contributed by atoms with Crippen LogP contribution in [-0.4, -0.2) is 25.7 Å². The van der Waals surface area contributed by atoms with Crippen molar-refractivity contribution in [3.63, 3.8) is 0 Å². The van der Waals surface area contributed by atoms with E-state index in [9.17, 15) is 9.59 Å². The number of methoxy groups -OCH3 is 1. The molecule has 0 radical (unpaired) electrons. The fourth-order valence-electron chi connectivity index (χ4n) is 2.49. The van der Waals surface area contributed by atoms with Crippen LogP contribution in [0.3, 0.4) is 0 Å². The molecule has 140 valence electrons. The van der Waals surface area contributed by atoms with Gasteiger partial charge in [0.25, 0.3) is 0 Å². The lowest BCUT2D eigenvalue weighted by atomic mass is 9.82. The van der Waals surface area contributed by atoms with Gasteiger partial charge in [-0.25, -0.2) is 0 Å². The van der Waals surface area contributed by atoms with Crippen molar-refractivity contribution < 1.29 is 23.8 Å². The topological polar surface area (TPSA) is 61.8 Å². The summed E-state index contributed by atoms with van der Waals surface area (Å²) in [4.78, 5) is 25.4. The molecule has 0 saturated heterocycles. The Morgan fingerprint density at radius 2 is 1.72 bits per heavy atom. The predicted octanol–water partition coefficient (Wildman–Crippen LogP) is 4.90. The molecule has 0 unspecified atom stereocenters. The summed E-state index contributed by atoms with van der Waals surface area (Å²) in [7, 11) is 1.49. The van der Waals surface area contributed by atoms with Crippen LogP contribution in [0.2, 0.25) is 0 Å². The quantitative estimate of drug-likeness (QED) is 0.235. The third-order valence-corrected chi connectivity index (χ3v) is 4.79. The molecule has 0 spiro atoms. The summed E-state index contributed by atoms with van der Waals surface area (Å²) in [5.74, 6) is -0.436. The van der Waals surface area contributed by atoms with Gasteiger partial charge in [-0.1, -0.05) is 49.5 Å². The Kier molecular flexibility index (Phi) is 8.97. The van der Waals surface area contributed by atoms with E-state index in [4.69, 9.17) is 14.2 Å². The van der Waals surface area contributed by atoms with Gasteiger partial charge in [0.2, 0.25) is 0 Å². The van der Waals surface area contributed by atoms with Gasteiger partial charge in [0, 0.05) is 4.47 Å². The average Bonchev–Trinajstić information content (AvgIpc) is 2.61. The van der Waals surface area contributed by atoms with Crippen LogP contribution in [0.4, 0.5) is 0 Å². The van der Waals surface area contributed by atoms with Crippen LogP contribution in [0.15, 0.2) is 22.7 Å². The van der Waals surface area contributed by atoms with Crippen molar-refractivity contribution in [2.45, 2.75) is 52.9 Å². The van der Waals surface area contributed by atoms with Crippen molar-refractivity contribution in [3.8, 4) is 11.5 Å². The molecule has 0 aromatic heterocycles. The van der Waals surface area contributed by atoms with Crippen molar-refractivity contribution in [1.82, 2.24) is 0 Å². The van der Waals surface area contributed by atoms with Gasteiger partial charge < -0.3 is 14.2 Å². The van der Waals surface area contributed by atoms with Crippen molar-refractivity contribution in [1.29, 1.82) is 0 Å². The molecule has 25 heavy (non-hydrogen) atoms. The Bertz CT molecular complexity index is 581. The van der Waals surface area contributed by atoms with Crippen LogP contribution in [0.25, 0.3) is 0 Å². The number of hydrogen-bond donors (Lipinski definition) is 0. The zero-order valence-electron chi connectivity index (χ0n) is 15.4. The van der Waals surface area contributed by atoms with Gasteiger partial charge in [-0.15, -0.1) is 0 Å². The standard InChI is InChI=1S/C19H27BrO5/c1-5-8-9-12-24-17(21)19(6-2,7-3)18(22)25-15-11-10-14(20)13-16(15)23-4/h10-11,13H,5-9,12H2,1-4H3. The summed E-state index contributed by atoms with van der Waals surface area (Å²) < 4.78 is 16.9. The van der Waals surface area contributed by atoms with Gasteiger partial charge in [0.05, 0.1) is 13.7 Å². The summed E-state index contributed by atoms with van der Waals surface area (Å²) in [6.45, 7) is 5.98. The minimum atomic E-state index is -1.30. The van der Waals surface area contributed by atoms with Crippen LogP contribution < -0.4 is 9.47 Å². The first-order chi connectivity index (χ1) is 11.9. The Balaban J connectivity index is 2.93. The molecule has 0 aliphatic carbocycles. The number of rotatable bonds is 10. The lowest BCUT2D eigenvalue weighted by molar-refractivity contribution is -0.168. The summed E-state index contributed by atoms with van der Waals surface area (Å²) in [6.07, 6.45) is 3.44. The fraction of sp³-hybridized carbons (Fsp3) is 0.579. The Hall–Kier alpha value is -1.56. The highest BCUT2D eigenvalue weighted by atomic mass is 79.9. The molecule has 0 saturated carbocycles. The number of unbranched alkanes of at least 4 members (excludes halogenated alkanes) is 2. The van der Waals surface area contributed by atoms with E-state index < -0.39 is 17.4 Å². The monoisotopic (exact) mass is 414 g/mol. The smallest absolute Gasteiger partial charge is 0.328 e. The second-order valence-corrected chi connectivity index (χ2v) is 6.73. The van der Waals surface area contributed by atoms with Crippen molar-refractivity contribution in [2.75, 3.05) is 13.7 Å². The van der Waals surface area contributed by atoms with E-state index in [0.29, 0.717) is 25.2 Å². The molecule has 1 aromatic rings. The zero-order valence-corrected chi connectivity index (χ0v) is 17.0. The number of carbonyl (C=O) groups excluding carboxylic acids is 2. The van der Waals surface area contributed by atoms with Gasteiger partial charge in [-0.05, 0) is 37.5 Å². The Labute approximate surface area is 158 Å². The van der Waals surface area contributed by atoms with Crippen molar-refractivity contribution in [3.05, 3.63) is 22.7 Å². The highest BCUT2D eigenvalue weighted by molar-refractivity contribution is 9.10. The molecule has 0 fully saturated rings. The normalized spacial score (nSPS) is 11.1. The van der Waals surface area contributed by atoms with Crippen LogP contribution in [0, 0.1) is 5.41 Å². The van der Waals surface area contributed by atoms with Gasteiger partial charge in [0.1, 0.15) is 0 Å². The minimum absolute atomic E-state index is 0.278. The molecule has 0 aliphatic rings. The first-order valence-corrected chi connectivity index (χ1v) is 9.47. The van der Waals surface area contributed by atoms with E-state index in [-0.39, 0.29) is 5.75 Å². The van der Waals surface area contributed by atoms with Gasteiger partial charge >= 0.3 is 11.9 Å². The number of esters is 2. The van der Waals surface area contributed by atoms with E-state index in [0.717, 1.165) is 23.7 Å². The number of carbonyl (C=O) groups is 2. The third kappa shape index (κ3) is 5.46. The van der Waals surface area contributed by atoms with E-state index in [2.05, 4.69) is 22.9 Å². The lowest BCUT2D eigenvalue weighted by Gasteiger charge is -2.27. The Morgan fingerprint density at radius 3 is 2.28 bits per heavy atom. The molecule has 0 bridgehead atoms. The zero-order chi connectivity index (χ0) is 18.9. The summed E-state index contributed by atoms with van der Waals surface area (Å²) >= 11 is 3.34. The molecule has 0 amide bonds. The van der Waals surface area contributed by atoms with Crippen LogP contribution in [0.1, 0.15) is 52.9 Å². The van der Waals surface area contributed by atoms with E-state index >= 15 is 0 Å². The Morgan fingerprint density at radius 1 is 1.04 bits per heavy atom. The second-order valence-electron chi connectivity index (χ2n) is 5.82. The van der Waals surface area contributed by atoms with Crippen molar-refractivity contribution >= 4 is 27.9 Å². The maximum atomic E-state index is 12.8. The maximum absolute atomic E-state index is 12.8. The molecule has 1 rings (SSSR count). The first-order valence-electron chi connectivity index (χ1n) is 8.68. The van der Waals surface area contributed by atoms with E-state index in [1.54, 1.807) is 32.0 Å².